The number of carbonyl (C=O) groups excluding carboxylic acids is 1. The van der Waals surface area contributed by atoms with Crippen molar-refractivity contribution in [3.8, 4) is 0 Å². The van der Waals surface area contributed by atoms with Gasteiger partial charge in [-0.05, 0) is 29.2 Å². The van der Waals surface area contributed by atoms with Gasteiger partial charge in [-0.15, -0.1) is 11.3 Å². The van der Waals surface area contributed by atoms with Gasteiger partial charge in [0.2, 0.25) is 0 Å². The third-order valence-electron chi connectivity index (χ3n) is 3.82. The van der Waals surface area contributed by atoms with Crippen LogP contribution in [0.5, 0.6) is 0 Å². The highest BCUT2D eigenvalue weighted by molar-refractivity contribution is 7.16. The monoisotopic (exact) mass is 343 g/mol. The largest absolute Gasteiger partial charge is 0.477 e. The molecular formula is C17H17N3O3S. The molecule has 24 heavy (non-hydrogen) atoms. The van der Waals surface area contributed by atoms with Crippen molar-refractivity contribution in [2.24, 2.45) is 0 Å². The number of nitrogens with one attached hydrogen (secondary N) is 2. The second-order valence-corrected chi connectivity index (χ2v) is 6.84. The van der Waals surface area contributed by atoms with E-state index in [0.29, 0.717) is 17.0 Å². The zero-order valence-corrected chi connectivity index (χ0v) is 14.1. The van der Waals surface area contributed by atoms with Gasteiger partial charge in [0, 0.05) is 11.9 Å². The Morgan fingerprint density at radius 1 is 1.38 bits per heavy atom. The lowest BCUT2D eigenvalue weighted by Crippen LogP contribution is -2.21. The van der Waals surface area contributed by atoms with E-state index in [1.54, 1.807) is 12.3 Å². The fourth-order valence-corrected chi connectivity index (χ4v) is 3.63. The second kappa shape index (κ2) is 6.45. The highest BCUT2D eigenvalue weighted by Gasteiger charge is 2.20. The zero-order chi connectivity index (χ0) is 17.3. The fourth-order valence-electron chi connectivity index (χ4n) is 2.56. The Morgan fingerprint density at radius 3 is 2.83 bits per heavy atom. The van der Waals surface area contributed by atoms with E-state index in [-0.39, 0.29) is 16.7 Å². The average Bonchev–Trinajstić information content (AvgIpc) is 3.19. The lowest BCUT2D eigenvalue weighted by molar-refractivity contribution is 0.0700. The summed E-state index contributed by atoms with van der Waals surface area (Å²) in [4.78, 5) is 24.4. The molecule has 0 unspecified atom stereocenters. The Hall–Kier alpha value is -2.67. The van der Waals surface area contributed by atoms with Crippen LogP contribution < -0.4 is 5.32 Å². The van der Waals surface area contributed by atoms with Gasteiger partial charge in [-0.2, -0.15) is 5.10 Å². The van der Waals surface area contributed by atoms with Gasteiger partial charge in [0.15, 0.2) is 0 Å². The number of nitrogens with zero attached hydrogens (tertiary/aromatic N) is 1. The summed E-state index contributed by atoms with van der Waals surface area (Å²) in [5, 5.41) is 20.0. The van der Waals surface area contributed by atoms with Gasteiger partial charge in [0.05, 0.1) is 16.6 Å². The zero-order valence-electron chi connectivity index (χ0n) is 13.3. The predicted octanol–water partition coefficient (Wildman–Crippen LogP) is 3.38. The Bertz CT molecular complexity index is 911. The topological polar surface area (TPSA) is 95.1 Å². The molecule has 2 heterocycles. The van der Waals surface area contributed by atoms with Crippen LogP contribution in [0.1, 0.15) is 50.2 Å². The summed E-state index contributed by atoms with van der Waals surface area (Å²) in [5.74, 6) is -1.21. The molecule has 6 nitrogen and oxygen atoms in total. The second-order valence-electron chi connectivity index (χ2n) is 5.79. The Morgan fingerprint density at radius 2 is 2.17 bits per heavy atom. The van der Waals surface area contributed by atoms with Crippen molar-refractivity contribution < 1.29 is 14.7 Å². The normalized spacial score (nSPS) is 11.1. The minimum absolute atomic E-state index is 0.0496. The number of hydrogen-bond acceptors (Lipinski definition) is 4. The number of aromatic nitrogens is 2. The van der Waals surface area contributed by atoms with Crippen LogP contribution in [0.3, 0.4) is 0 Å². The average molecular weight is 343 g/mol. The number of hydrogen-bond donors (Lipinski definition) is 3. The Kier molecular flexibility index (Phi) is 4.35. The minimum Gasteiger partial charge on any atom is -0.477 e. The van der Waals surface area contributed by atoms with E-state index in [1.165, 1.54) is 0 Å². The molecule has 0 aliphatic carbocycles. The first-order chi connectivity index (χ1) is 11.5. The molecule has 124 valence electrons. The van der Waals surface area contributed by atoms with Crippen LogP contribution in [0.2, 0.25) is 0 Å². The summed E-state index contributed by atoms with van der Waals surface area (Å²) >= 11 is 1.01. The van der Waals surface area contributed by atoms with E-state index in [0.717, 1.165) is 27.8 Å². The Labute approximate surface area is 142 Å². The molecule has 3 N–H and O–H groups in total. The van der Waals surface area contributed by atoms with Crippen molar-refractivity contribution in [3.63, 3.8) is 0 Å². The fraction of sp³-hybridized carbons (Fsp3) is 0.235. The van der Waals surface area contributed by atoms with E-state index in [9.17, 15) is 14.7 Å². The van der Waals surface area contributed by atoms with Crippen molar-refractivity contribution in [3.05, 3.63) is 51.3 Å². The number of carbonyl (C=O) groups is 2. The smallest absolute Gasteiger partial charge is 0.346 e. The lowest BCUT2D eigenvalue weighted by atomic mass is 10.0. The molecular weight excluding hydrogens is 326 g/mol. The highest BCUT2D eigenvalue weighted by atomic mass is 32.1. The van der Waals surface area contributed by atoms with Gasteiger partial charge in [-0.3, -0.25) is 9.89 Å². The van der Waals surface area contributed by atoms with Crippen LogP contribution in [0, 0.1) is 0 Å². The number of H-pyrrole nitrogens is 1. The summed E-state index contributed by atoms with van der Waals surface area (Å²) in [5.41, 5.74) is 2.55. The molecule has 0 fully saturated rings. The van der Waals surface area contributed by atoms with E-state index < -0.39 is 5.97 Å². The number of carboxylic acids is 1. The van der Waals surface area contributed by atoms with Crippen LogP contribution in [0.4, 0.5) is 0 Å². The molecule has 0 saturated carbocycles. The van der Waals surface area contributed by atoms with Crippen LogP contribution >= 0.6 is 11.3 Å². The van der Waals surface area contributed by atoms with E-state index in [2.05, 4.69) is 15.5 Å². The first-order valence-electron chi connectivity index (χ1n) is 7.53. The number of thiophene rings is 1. The van der Waals surface area contributed by atoms with Gasteiger partial charge >= 0.3 is 5.97 Å². The van der Waals surface area contributed by atoms with Gasteiger partial charge in [-0.25, -0.2) is 4.79 Å². The van der Waals surface area contributed by atoms with Crippen LogP contribution in [0.15, 0.2) is 30.5 Å². The maximum atomic E-state index is 12.4. The van der Waals surface area contributed by atoms with Crippen molar-refractivity contribution in [1.29, 1.82) is 0 Å². The molecule has 0 saturated heterocycles. The number of amides is 1. The van der Waals surface area contributed by atoms with E-state index in [4.69, 9.17) is 0 Å². The maximum Gasteiger partial charge on any atom is 0.346 e. The number of rotatable bonds is 5. The first-order valence-corrected chi connectivity index (χ1v) is 8.35. The van der Waals surface area contributed by atoms with E-state index >= 15 is 0 Å². The minimum atomic E-state index is -0.995. The molecule has 0 atom stereocenters. The molecule has 1 aromatic carbocycles. The molecule has 0 radical (unpaired) electrons. The van der Waals surface area contributed by atoms with Gasteiger partial charge in [0.1, 0.15) is 4.88 Å². The van der Waals surface area contributed by atoms with Crippen LogP contribution in [-0.2, 0) is 6.54 Å². The quantitative estimate of drug-likeness (QED) is 0.662. The standard InChI is InChI=1S/C17H17N3O3S/c1-9(2)11-6-14(24-15(11)17(22)23)16(21)18-7-10-4-3-5-13-12(10)8-19-20-13/h3-6,8-9H,7H2,1-2H3,(H,18,21)(H,19,20)(H,22,23). The maximum absolute atomic E-state index is 12.4. The summed E-state index contributed by atoms with van der Waals surface area (Å²) in [7, 11) is 0. The summed E-state index contributed by atoms with van der Waals surface area (Å²) in [6.45, 7) is 4.18. The molecule has 0 aliphatic heterocycles. The summed E-state index contributed by atoms with van der Waals surface area (Å²) < 4.78 is 0. The summed E-state index contributed by atoms with van der Waals surface area (Å²) in [6.07, 6.45) is 1.72. The van der Waals surface area contributed by atoms with Crippen molar-refractivity contribution in [2.75, 3.05) is 0 Å². The summed E-state index contributed by atoms with van der Waals surface area (Å²) in [6, 6.07) is 7.41. The molecule has 0 aliphatic rings. The predicted molar refractivity (Wildman–Crippen MR) is 92.6 cm³/mol. The SMILES string of the molecule is CC(C)c1cc(C(=O)NCc2cccc3[nH]ncc23)sc1C(=O)O. The molecule has 2 aromatic heterocycles. The third kappa shape index (κ3) is 3.03. The van der Waals surface area contributed by atoms with Gasteiger partial charge in [-0.1, -0.05) is 26.0 Å². The lowest BCUT2D eigenvalue weighted by Gasteiger charge is -2.05. The molecule has 0 spiro atoms. The van der Waals surface area contributed by atoms with Crippen molar-refractivity contribution in [1.82, 2.24) is 15.5 Å². The van der Waals surface area contributed by atoms with Crippen LogP contribution in [-0.4, -0.2) is 27.2 Å². The number of aromatic amines is 1. The van der Waals surface area contributed by atoms with Crippen molar-refractivity contribution >= 4 is 34.1 Å². The first kappa shape index (κ1) is 16.2. The van der Waals surface area contributed by atoms with E-state index in [1.807, 2.05) is 32.0 Å². The van der Waals surface area contributed by atoms with Gasteiger partial charge < -0.3 is 10.4 Å². The molecule has 0 bridgehead atoms. The number of aromatic carboxylic acids is 1. The number of fused-ring (bicyclic) bond motifs is 1. The molecule has 1 amide bonds. The third-order valence-corrected chi connectivity index (χ3v) is 4.95. The Balaban J connectivity index is 1.79. The molecule has 3 rings (SSSR count). The van der Waals surface area contributed by atoms with Crippen molar-refractivity contribution in [2.45, 2.75) is 26.3 Å². The molecule has 3 aromatic rings. The highest BCUT2D eigenvalue weighted by Crippen LogP contribution is 2.28. The van der Waals surface area contributed by atoms with Gasteiger partial charge in [0.25, 0.3) is 5.91 Å². The van der Waals surface area contributed by atoms with Crippen LogP contribution in [0.25, 0.3) is 10.9 Å². The number of carboxylic acid groups (broad SMARTS) is 1. The molecule has 7 heteroatoms. The number of benzene rings is 1.